The maximum atomic E-state index is 12.4. The van der Waals surface area contributed by atoms with Gasteiger partial charge in [0, 0.05) is 25.4 Å². The number of nitrogens with one attached hydrogen (secondary N) is 1. The molecule has 1 aromatic carbocycles. The number of rotatable bonds is 6. The highest BCUT2D eigenvalue weighted by Gasteiger charge is 2.23. The fourth-order valence-corrected chi connectivity index (χ4v) is 1.78. The van der Waals surface area contributed by atoms with Crippen LogP contribution in [0.2, 0.25) is 0 Å². The van der Waals surface area contributed by atoms with Crippen molar-refractivity contribution in [2.75, 3.05) is 24.3 Å². The number of nitriles is 1. The summed E-state index contributed by atoms with van der Waals surface area (Å²) in [6, 6.07) is 7.84. The first-order chi connectivity index (χ1) is 11.4. The second-order valence-electron chi connectivity index (χ2n) is 4.70. The molecule has 0 saturated carbocycles. The van der Waals surface area contributed by atoms with Gasteiger partial charge in [-0.15, -0.1) is 0 Å². The number of methoxy groups -OCH3 is 1. The zero-order chi connectivity index (χ0) is 18.1. The van der Waals surface area contributed by atoms with Crippen LogP contribution in [0.5, 0.6) is 0 Å². The minimum Gasteiger partial charge on any atom is -0.469 e. The highest BCUT2D eigenvalue weighted by molar-refractivity contribution is 6.21. The number of nitrogen functional groups attached to an aromatic ring is 1. The SMILES string of the molecule is COC(=O)CCN/C=C(/C#N)C(=O)N(C(C)=O)c1ccc(N)cc1. The van der Waals surface area contributed by atoms with Crippen LogP contribution in [0.4, 0.5) is 11.4 Å². The van der Waals surface area contributed by atoms with Crippen LogP contribution in [0.15, 0.2) is 36.0 Å². The molecule has 0 heterocycles. The van der Waals surface area contributed by atoms with Crippen LogP contribution in [0.25, 0.3) is 0 Å². The second kappa shape index (κ2) is 8.95. The van der Waals surface area contributed by atoms with E-state index < -0.39 is 17.8 Å². The van der Waals surface area contributed by atoms with Crippen LogP contribution in [0, 0.1) is 11.3 Å². The number of carbonyl (C=O) groups excluding carboxylic acids is 3. The van der Waals surface area contributed by atoms with Crippen LogP contribution >= 0.6 is 0 Å². The lowest BCUT2D eigenvalue weighted by Crippen LogP contribution is -2.36. The summed E-state index contributed by atoms with van der Waals surface area (Å²) < 4.78 is 4.47. The summed E-state index contributed by atoms with van der Waals surface area (Å²) in [5, 5.41) is 11.8. The molecule has 0 saturated heterocycles. The molecule has 8 nitrogen and oxygen atoms in total. The summed E-state index contributed by atoms with van der Waals surface area (Å²) in [7, 11) is 1.26. The lowest BCUT2D eigenvalue weighted by molar-refractivity contribution is -0.140. The molecule has 0 bridgehead atoms. The van der Waals surface area contributed by atoms with Gasteiger partial charge in [-0.1, -0.05) is 0 Å². The Bertz CT molecular complexity index is 689. The number of hydrogen-bond donors (Lipinski definition) is 2. The Balaban J connectivity index is 2.91. The first-order valence-corrected chi connectivity index (χ1v) is 7.01. The largest absolute Gasteiger partial charge is 0.469 e. The van der Waals surface area contributed by atoms with E-state index in [1.807, 2.05) is 0 Å². The van der Waals surface area contributed by atoms with Gasteiger partial charge in [-0.25, -0.2) is 4.90 Å². The van der Waals surface area contributed by atoms with E-state index >= 15 is 0 Å². The summed E-state index contributed by atoms with van der Waals surface area (Å²) in [6.45, 7) is 1.40. The van der Waals surface area contributed by atoms with Gasteiger partial charge in [-0.05, 0) is 24.3 Å². The molecule has 0 aliphatic heterocycles. The fourth-order valence-electron chi connectivity index (χ4n) is 1.78. The number of benzene rings is 1. The average molecular weight is 330 g/mol. The first-order valence-electron chi connectivity index (χ1n) is 7.01. The number of imide groups is 1. The van der Waals surface area contributed by atoms with Crippen molar-refractivity contribution in [3.05, 3.63) is 36.0 Å². The fraction of sp³-hybridized carbons (Fsp3) is 0.250. The predicted molar refractivity (Wildman–Crippen MR) is 87.4 cm³/mol. The van der Waals surface area contributed by atoms with E-state index in [-0.39, 0.29) is 18.5 Å². The summed E-state index contributed by atoms with van der Waals surface area (Å²) in [5.41, 5.74) is 6.10. The van der Waals surface area contributed by atoms with E-state index in [9.17, 15) is 14.4 Å². The molecule has 0 unspecified atom stereocenters. The minimum absolute atomic E-state index is 0.0777. The summed E-state index contributed by atoms with van der Waals surface area (Å²) in [4.78, 5) is 36.1. The molecule has 0 spiro atoms. The number of ether oxygens (including phenoxy) is 1. The van der Waals surface area contributed by atoms with Gasteiger partial charge in [0.1, 0.15) is 11.6 Å². The van der Waals surface area contributed by atoms with Crippen LogP contribution in [-0.2, 0) is 19.1 Å². The number of nitrogens with two attached hydrogens (primary N) is 1. The predicted octanol–water partition coefficient (Wildman–Crippen LogP) is 0.708. The Morgan fingerprint density at radius 1 is 1.33 bits per heavy atom. The van der Waals surface area contributed by atoms with Crippen molar-refractivity contribution < 1.29 is 19.1 Å². The number of carbonyl (C=O) groups is 3. The number of amides is 2. The third-order valence-corrected chi connectivity index (χ3v) is 2.97. The highest BCUT2D eigenvalue weighted by atomic mass is 16.5. The van der Waals surface area contributed by atoms with Gasteiger partial charge >= 0.3 is 5.97 Å². The van der Waals surface area contributed by atoms with Crippen molar-refractivity contribution in [1.29, 1.82) is 5.26 Å². The number of esters is 1. The Kier molecular flexibility index (Phi) is 6.97. The van der Waals surface area contributed by atoms with E-state index in [4.69, 9.17) is 11.0 Å². The van der Waals surface area contributed by atoms with Crippen molar-refractivity contribution in [1.82, 2.24) is 5.32 Å². The van der Waals surface area contributed by atoms with Crippen LogP contribution < -0.4 is 16.0 Å². The second-order valence-corrected chi connectivity index (χ2v) is 4.70. The van der Waals surface area contributed by atoms with Gasteiger partial charge in [0.15, 0.2) is 0 Å². The van der Waals surface area contributed by atoms with Gasteiger partial charge in [0.05, 0.1) is 19.2 Å². The van der Waals surface area contributed by atoms with E-state index in [1.165, 1.54) is 32.4 Å². The third kappa shape index (κ3) is 5.14. The lowest BCUT2D eigenvalue weighted by atomic mass is 10.2. The highest BCUT2D eigenvalue weighted by Crippen LogP contribution is 2.18. The van der Waals surface area contributed by atoms with Crippen LogP contribution in [0.3, 0.4) is 0 Å². The number of hydrogen-bond acceptors (Lipinski definition) is 7. The maximum Gasteiger partial charge on any atom is 0.307 e. The lowest BCUT2D eigenvalue weighted by Gasteiger charge is -2.19. The zero-order valence-corrected chi connectivity index (χ0v) is 13.4. The standard InChI is InChI=1S/C16H18N4O4/c1-11(21)20(14-5-3-13(18)4-6-14)16(23)12(9-17)10-19-8-7-15(22)24-2/h3-6,10,19H,7-8,18H2,1-2H3/b12-10-. The third-order valence-electron chi connectivity index (χ3n) is 2.97. The molecular weight excluding hydrogens is 312 g/mol. The molecule has 8 heteroatoms. The zero-order valence-electron chi connectivity index (χ0n) is 13.4. The normalized spacial score (nSPS) is 10.5. The molecule has 0 aliphatic carbocycles. The first kappa shape index (κ1) is 18.7. The van der Waals surface area contributed by atoms with E-state index in [0.717, 1.165) is 4.90 Å². The molecule has 1 rings (SSSR count). The molecule has 0 aliphatic rings. The monoisotopic (exact) mass is 330 g/mol. The average Bonchev–Trinajstić information content (AvgIpc) is 2.56. The Hall–Kier alpha value is -3.34. The van der Waals surface area contributed by atoms with Gasteiger partial charge in [0.25, 0.3) is 5.91 Å². The smallest absolute Gasteiger partial charge is 0.307 e. The Labute approximate surface area is 139 Å². The van der Waals surface area contributed by atoms with Crippen molar-refractivity contribution >= 4 is 29.2 Å². The molecule has 126 valence electrons. The quantitative estimate of drug-likeness (QED) is 0.259. The molecule has 0 fully saturated rings. The van der Waals surface area contributed by atoms with Crippen molar-refractivity contribution in [3.63, 3.8) is 0 Å². The molecule has 1 aromatic rings. The molecule has 3 N–H and O–H groups in total. The summed E-state index contributed by atoms with van der Waals surface area (Å²) >= 11 is 0. The minimum atomic E-state index is -0.777. The number of anilines is 2. The van der Waals surface area contributed by atoms with E-state index in [0.29, 0.717) is 11.4 Å². The molecule has 2 amide bonds. The van der Waals surface area contributed by atoms with E-state index in [1.54, 1.807) is 18.2 Å². The summed E-state index contributed by atoms with van der Waals surface area (Å²) in [5.74, 6) is -1.74. The van der Waals surface area contributed by atoms with Gasteiger partial charge in [-0.2, -0.15) is 5.26 Å². The Morgan fingerprint density at radius 3 is 2.46 bits per heavy atom. The van der Waals surface area contributed by atoms with E-state index in [2.05, 4.69) is 10.1 Å². The number of nitrogens with zero attached hydrogens (tertiary/aromatic N) is 2. The summed E-state index contributed by atoms with van der Waals surface area (Å²) in [6.07, 6.45) is 1.24. The van der Waals surface area contributed by atoms with Crippen molar-refractivity contribution in [2.45, 2.75) is 13.3 Å². The molecule has 0 radical (unpaired) electrons. The topological polar surface area (TPSA) is 126 Å². The van der Waals surface area contributed by atoms with Crippen LogP contribution in [0.1, 0.15) is 13.3 Å². The van der Waals surface area contributed by atoms with Crippen LogP contribution in [-0.4, -0.2) is 31.4 Å². The van der Waals surface area contributed by atoms with Crippen molar-refractivity contribution in [2.24, 2.45) is 0 Å². The van der Waals surface area contributed by atoms with Gasteiger partial charge < -0.3 is 15.8 Å². The van der Waals surface area contributed by atoms with Crippen molar-refractivity contribution in [3.8, 4) is 6.07 Å². The Morgan fingerprint density at radius 2 is 1.96 bits per heavy atom. The molecule has 0 atom stereocenters. The molecule has 24 heavy (non-hydrogen) atoms. The van der Waals surface area contributed by atoms with Gasteiger partial charge in [-0.3, -0.25) is 14.4 Å². The van der Waals surface area contributed by atoms with Gasteiger partial charge in [0.2, 0.25) is 5.91 Å². The maximum absolute atomic E-state index is 12.4. The molecule has 0 aromatic heterocycles. The molecular formula is C16H18N4O4.